The molecule has 0 heterocycles. The molecule has 158 valence electrons. The van der Waals surface area contributed by atoms with E-state index in [0.29, 0.717) is 11.2 Å². The van der Waals surface area contributed by atoms with Crippen molar-refractivity contribution in [1.82, 2.24) is 0 Å². The maximum Gasteiger partial charge on any atom is 0.228 e. The minimum absolute atomic E-state index is 0.0705. The average molecular weight is 398 g/mol. The van der Waals surface area contributed by atoms with E-state index in [1.54, 1.807) is 18.2 Å². The van der Waals surface area contributed by atoms with E-state index in [1.165, 1.54) is 25.5 Å². The van der Waals surface area contributed by atoms with Crippen LogP contribution in [0.5, 0.6) is 11.5 Å². The van der Waals surface area contributed by atoms with Gasteiger partial charge in [0.1, 0.15) is 0 Å². The van der Waals surface area contributed by atoms with E-state index in [4.69, 9.17) is 4.74 Å². The third kappa shape index (κ3) is 7.12. The highest BCUT2D eigenvalue weighted by Gasteiger charge is 2.22. The summed E-state index contributed by atoms with van der Waals surface area (Å²) >= 11 is 0. The Labute approximate surface area is 175 Å². The zero-order chi connectivity index (χ0) is 21.4. The lowest BCUT2D eigenvalue weighted by atomic mass is 9.76. The maximum absolute atomic E-state index is 12.4. The van der Waals surface area contributed by atoms with Gasteiger partial charge in [0, 0.05) is 5.69 Å². The van der Waals surface area contributed by atoms with Crippen LogP contribution in [0.3, 0.4) is 0 Å². The quantitative estimate of drug-likeness (QED) is 0.547. The zero-order valence-electron chi connectivity index (χ0n) is 18.4. The highest BCUT2D eigenvalue weighted by molar-refractivity contribution is 5.92. The zero-order valence-corrected chi connectivity index (χ0v) is 18.4. The second-order valence-corrected chi connectivity index (χ2v) is 8.79. The molecular formula is C25H35NO3. The standard InChI is InChI=1S/C25H35NO3/c1-6-20(25(2,3)4)11-7-9-18-10-8-12-21(15-18)26-24(28)17-19-13-14-22(27)23(16-19)29-5/h8,10,12-16,20,27H,6-7,9,11,17H2,1-5H3,(H,26,28). The third-order valence-electron chi connectivity index (χ3n) is 5.56. The van der Waals surface area contributed by atoms with Gasteiger partial charge >= 0.3 is 0 Å². The van der Waals surface area contributed by atoms with Gasteiger partial charge in [0.2, 0.25) is 5.91 Å². The van der Waals surface area contributed by atoms with E-state index in [9.17, 15) is 9.90 Å². The molecule has 0 saturated heterocycles. The lowest BCUT2D eigenvalue weighted by Gasteiger charge is -2.29. The van der Waals surface area contributed by atoms with E-state index < -0.39 is 0 Å². The molecule has 1 unspecified atom stereocenters. The molecule has 1 atom stereocenters. The SMILES string of the molecule is CCC(CCCc1cccc(NC(=O)Cc2ccc(O)c(OC)c2)c1)C(C)(C)C. The summed E-state index contributed by atoms with van der Waals surface area (Å²) in [5.41, 5.74) is 3.21. The van der Waals surface area contributed by atoms with Gasteiger partial charge in [-0.25, -0.2) is 0 Å². The molecule has 0 aliphatic carbocycles. The number of aryl methyl sites for hydroxylation is 1. The smallest absolute Gasteiger partial charge is 0.228 e. The van der Waals surface area contributed by atoms with Gasteiger partial charge in [-0.1, -0.05) is 52.3 Å². The van der Waals surface area contributed by atoms with Crippen LogP contribution in [-0.2, 0) is 17.6 Å². The van der Waals surface area contributed by atoms with Gasteiger partial charge in [0.25, 0.3) is 0 Å². The predicted molar refractivity (Wildman–Crippen MR) is 120 cm³/mol. The van der Waals surface area contributed by atoms with Crippen molar-refractivity contribution in [3.63, 3.8) is 0 Å². The number of ether oxygens (including phenoxy) is 1. The topological polar surface area (TPSA) is 58.6 Å². The number of carbonyl (C=O) groups is 1. The Balaban J connectivity index is 1.91. The first-order valence-corrected chi connectivity index (χ1v) is 10.5. The number of phenolic OH excluding ortho intramolecular Hbond substituents is 1. The van der Waals surface area contributed by atoms with Crippen molar-refractivity contribution in [1.29, 1.82) is 0 Å². The van der Waals surface area contributed by atoms with Gasteiger partial charge in [-0.3, -0.25) is 4.79 Å². The van der Waals surface area contributed by atoms with Crippen LogP contribution in [0, 0.1) is 11.3 Å². The number of hydrogen-bond donors (Lipinski definition) is 2. The fourth-order valence-electron chi connectivity index (χ4n) is 3.83. The molecule has 2 N–H and O–H groups in total. The molecule has 2 aromatic rings. The van der Waals surface area contributed by atoms with Crippen molar-refractivity contribution in [2.24, 2.45) is 11.3 Å². The Kier molecular flexibility index (Phi) is 8.12. The van der Waals surface area contributed by atoms with Crippen molar-refractivity contribution in [2.45, 2.75) is 59.8 Å². The van der Waals surface area contributed by atoms with Gasteiger partial charge in [0.15, 0.2) is 11.5 Å². The number of hydrogen-bond acceptors (Lipinski definition) is 3. The molecular weight excluding hydrogens is 362 g/mol. The number of phenols is 1. The summed E-state index contributed by atoms with van der Waals surface area (Å²) in [5.74, 6) is 1.08. The number of anilines is 1. The lowest BCUT2D eigenvalue weighted by Crippen LogP contribution is -2.19. The van der Waals surface area contributed by atoms with Crippen molar-refractivity contribution in [3.05, 3.63) is 53.6 Å². The van der Waals surface area contributed by atoms with Crippen LogP contribution in [0.25, 0.3) is 0 Å². The monoisotopic (exact) mass is 397 g/mol. The minimum atomic E-state index is -0.0892. The Morgan fingerprint density at radius 1 is 1.14 bits per heavy atom. The molecule has 0 aliphatic rings. The first-order chi connectivity index (χ1) is 13.7. The Hall–Kier alpha value is -2.49. The van der Waals surface area contributed by atoms with Crippen LogP contribution >= 0.6 is 0 Å². The number of amides is 1. The summed E-state index contributed by atoms with van der Waals surface area (Å²) < 4.78 is 5.10. The minimum Gasteiger partial charge on any atom is -0.504 e. The van der Waals surface area contributed by atoms with Crippen molar-refractivity contribution in [2.75, 3.05) is 12.4 Å². The largest absolute Gasteiger partial charge is 0.504 e. The molecule has 0 radical (unpaired) electrons. The van der Waals surface area contributed by atoms with Gasteiger partial charge in [-0.15, -0.1) is 0 Å². The summed E-state index contributed by atoms with van der Waals surface area (Å²) in [6, 6.07) is 13.1. The van der Waals surface area contributed by atoms with Gasteiger partial charge in [0.05, 0.1) is 13.5 Å². The number of rotatable bonds is 9. The van der Waals surface area contributed by atoms with Crippen molar-refractivity contribution < 1.29 is 14.6 Å². The van der Waals surface area contributed by atoms with Gasteiger partial charge < -0.3 is 15.2 Å². The van der Waals surface area contributed by atoms with E-state index in [0.717, 1.165) is 30.0 Å². The summed E-state index contributed by atoms with van der Waals surface area (Å²) in [6.45, 7) is 9.23. The van der Waals surface area contributed by atoms with Crippen LogP contribution in [0.1, 0.15) is 58.1 Å². The summed E-state index contributed by atoms with van der Waals surface area (Å²) in [4.78, 5) is 12.4. The summed E-state index contributed by atoms with van der Waals surface area (Å²) in [6.07, 6.45) is 4.83. The second-order valence-electron chi connectivity index (χ2n) is 8.79. The van der Waals surface area contributed by atoms with Crippen LogP contribution in [0.2, 0.25) is 0 Å². The normalized spacial score (nSPS) is 12.4. The van der Waals surface area contributed by atoms with E-state index in [-0.39, 0.29) is 18.1 Å². The number of aromatic hydroxyl groups is 1. The van der Waals surface area contributed by atoms with Crippen molar-refractivity contribution in [3.8, 4) is 11.5 Å². The molecule has 1 amide bonds. The van der Waals surface area contributed by atoms with E-state index >= 15 is 0 Å². The van der Waals surface area contributed by atoms with Crippen LogP contribution in [-0.4, -0.2) is 18.1 Å². The number of methoxy groups -OCH3 is 1. The Morgan fingerprint density at radius 3 is 2.55 bits per heavy atom. The Morgan fingerprint density at radius 2 is 1.90 bits per heavy atom. The number of benzene rings is 2. The molecule has 0 bridgehead atoms. The fourth-order valence-corrected chi connectivity index (χ4v) is 3.83. The first kappa shape index (κ1) is 22.8. The summed E-state index contributed by atoms with van der Waals surface area (Å²) in [5, 5.41) is 12.6. The predicted octanol–water partition coefficient (Wildman–Crippen LogP) is 5.98. The number of carbonyl (C=O) groups excluding carboxylic acids is 1. The molecule has 2 aromatic carbocycles. The number of nitrogens with one attached hydrogen (secondary N) is 1. The molecule has 0 aliphatic heterocycles. The van der Waals surface area contributed by atoms with Gasteiger partial charge in [-0.2, -0.15) is 0 Å². The van der Waals surface area contributed by atoms with Crippen LogP contribution < -0.4 is 10.1 Å². The third-order valence-corrected chi connectivity index (χ3v) is 5.56. The van der Waals surface area contributed by atoms with Crippen LogP contribution in [0.15, 0.2) is 42.5 Å². The fraction of sp³-hybridized carbons (Fsp3) is 0.480. The molecule has 29 heavy (non-hydrogen) atoms. The molecule has 0 aromatic heterocycles. The average Bonchev–Trinajstić information content (AvgIpc) is 2.66. The van der Waals surface area contributed by atoms with E-state index in [1.807, 2.05) is 12.1 Å². The van der Waals surface area contributed by atoms with Crippen molar-refractivity contribution >= 4 is 11.6 Å². The molecule has 0 fully saturated rings. The maximum atomic E-state index is 12.4. The second kappa shape index (κ2) is 10.3. The highest BCUT2D eigenvalue weighted by atomic mass is 16.5. The highest BCUT2D eigenvalue weighted by Crippen LogP contribution is 2.32. The van der Waals surface area contributed by atoms with E-state index in [2.05, 4.69) is 45.1 Å². The molecule has 4 heteroatoms. The molecule has 2 rings (SSSR count). The lowest BCUT2D eigenvalue weighted by molar-refractivity contribution is -0.115. The molecule has 0 saturated carbocycles. The Bertz CT molecular complexity index is 808. The van der Waals surface area contributed by atoms with Gasteiger partial charge in [-0.05, 0) is 66.0 Å². The summed E-state index contributed by atoms with van der Waals surface area (Å²) in [7, 11) is 1.49. The first-order valence-electron chi connectivity index (χ1n) is 10.5. The molecule has 4 nitrogen and oxygen atoms in total. The molecule has 0 spiro atoms. The van der Waals surface area contributed by atoms with Crippen LogP contribution in [0.4, 0.5) is 5.69 Å².